The summed E-state index contributed by atoms with van der Waals surface area (Å²) in [6, 6.07) is 6.40. The lowest BCUT2D eigenvalue weighted by Crippen LogP contribution is -2.31. The number of carbonyl (C=O) groups is 1. The van der Waals surface area contributed by atoms with Gasteiger partial charge in [-0.3, -0.25) is 4.79 Å². The second-order valence-corrected chi connectivity index (χ2v) is 5.84. The average molecular weight is 309 g/mol. The Bertz CT molecular complexity index is 645. The van der Waals surface area contributed by atoms with Crippen molar-refractivity contribution < 1.29 is 13.2 Å². The molecule has 114 valence electrons. The van der Waals surface area contributed by atoms with Gasteiger partial charge in [-0.25, -0.2) is 13.1 Å². The summed E-state index contributed by atoms with van der Waals surface area (Å²) < 4.78 is 26.8. The fourth-order valence-electron chi connectivity index (χ4n) is 1.61. The lowest BCUT2D eigenvalue weighted by Gasteiger charge is -2.08. The zero-order chi connectivity index (χ0) is 15.7. The van der Waals surface area contributed by atoms with Gasteiger partial charge in [0.15, 0.2) is 0 Å². The van der Waals surface area contributed by atoms with E-state index in [9.17, 15) is 13.2 Å². The first-order valence-electron chi connectivity index (χ1n) is 6.55. The van der Waals surface area contributed by atoms with Crippen molar-refractivity contribution >= 4 is 15.9 Å². The van der Waals surface area contributed by atoms with Crippen molar-refractivity contribution in [3.63, 3.8) is 0 Å². The van der Waals surface area contributed by atoms with Crippen LogP contribution in [-0.4, -0.2) is 34.0 Å². The molecule has 0 aliphatic heterocycles. The highest BCUT2D eigenvalue weighted by molar-refractivity contribution is 7.89. The van der Waals surface area contributed by atoms with E-state index in [0.717, 1.165) is 0 Å². The topological polar surface area (TPSA) is 101 Å². The maximum Gasteiger partial charge on any atom is 0.241 e. The molecule has 0 spiro atoms. The minimum absolute atomic E-state index is 0.0345. The summed E-state index contributed by atoms with van der Waals surface area (Å²) in [5.74, 6) is 5.16. The number of sulfonamides is 1. The molecule has 7 heteroatoms. The van der Waals surface area contributed by atoms with Gasteiger partial charge in [0.2, 0.25) is 15.9 Å². The molecular formula is C14H19N3O3S. The monoisotopic (exact) mass is 309 g/mol. The minimum Gasteiger partial charge on any atom is -0.356 e. The predicted octanol–water partition coefficient (Wildman–Crippen LogP) is -0.199. The van der Waals surface area contributed by atoms with Crippen molar-refractivity contribution in [2.45, 2.75) is 18.2 Å². The third-order valence-electron chi connectivity index (χ3n) is 2.52. The van der Waals surface area contributed by atoms with Crippen molar-refractivity contribution in [1.29, 1.82) is 0 Å². The third kappa shape index (κ3) is 5.55. The molecule has 6 nitrogen and oxygen atoms in total. The first kappa shape index (κ1) is 17.2. The van der Waals surface area contributed by atoms with Crippen LogP contribution in [0.15, 0.2) is 29.2 Å². The number of carbonyl (C=O) groups excluding carboxylic acids is 1. The SMILES string of the molecule is CCNC(=O)CCNS(=O)(=O)c1ccccc1C#CCN. The van der Waals surface area contributed by atoms with Gasteiger partial charge in [0.25, 0.3) is 0 Å². The van der Waals surface area contributed by atoms with Gasteiger partial charge in [-0.15, -0.1) is 0 Å². The second kappa shape index (κ2) is 8.42. The Kier molecular flexibility index (Phi) is 6.88. The summed E-state index contributed by atoms with van der Waals surface area (Å²) in [7, 11) is -3.71. The molecule has 0 aliphatic rings. The molecule has 21 heavy (non-hydrogen) atoms. The van der Waals surface area contributed by atoms with Crippen molar-refractivity contribution in [3.8, 4) is 11.8 Å². The second-order valence-electron chi connectivity index (χ2n) is 4.10. The van der Waals surface area contributed by atoms with Gasteiger partial charge in [-0.05, 0) is 19.1 Å². The van der Waals surface area contributed by atoms with E-state index < -0.39 is 10.0 Å². The van der Waals surface area contributed by atoms with Gasteiger partial charge in [0.1, 0.15) is 0 Å². The van der Waals surface area contributed by atoms with E-state index in [1.165, 1.54) is 6.07 Å². The minimum atomic E-state index is -3.71. The van der Waals surface area contributed by atoms with Crippen LogP contribution in [0.1, 0.15) is 18.9 Å². The summed E-state index contributed by atoms with van der Waals surface area (Å²) >= 11 is 0. The summed E-state index contributed by atoms with van der Waals surface area (Å²) in [4.78, 5) is 11.4. The van der Waals surface area contributed by atoms with Crippen molar-refractivity contribution in [1.82, 2.24) is 10.0 Å². The fraction of sp³-hybridized carbons (Fsp3) is 0.357. The van der Waals surface area contributed by atoms with Gasteiger partial charge in [0, 0.05) is 25.1 Å². The van der Waals surface area contributed by atoms with Crippen LogP contribution >= 0.6 is 0 Å². The number of hydrogen-bond acceptors (Lipinski definition) is 4. The fourth-order valence-corrected chi connectivity index (χ4v) is 2.81. The molecule has 0 saturated carbocycles. The number of nitrogens with one attached hydrogen (secondary N) is 2. The molecule has 0 atom stereocenters. The summed E-state index contributed by atoms with van der Waals surface area (Å²) in [6.45, 7) is 2.50. The largest absolute Gasteiger partial charge is 0.356 e. The zero-order valence-corrected chi connectivity index (χ0v) is 12.7. The first-order valence-corrected chi connectivity index (χ1v) is 8.04. The highest BCUT2D eigenvalue weighted by atomic mass is 32.2. The van der Waals surface area contributed by atoms with Crippen LogP contribution in [-0.2, 0) is 14.8 Å². The molecule has 4 N–H and O–H groups in total. The molecule has 1 aromatic rings. The lowest BCUT2D eigenvalue weighted by molar-refractivity contribution is -0.120. The average Bonchev–Trinajstić information content (AvgIpc) is 2.45. The van der Waals surface area contributed by atoms with Gasteiger partial charge in [-0.1, -0.05) is 24.0 Å². The molecular weight excluding hydrogens is 290 g/mol. The summed E-state index contributed by atoms with van der Waals surface area (Å²) in [5, 5.41) is 2.60. The van der Waals surface area contributed by atoms with E-state index in [1.807, 2.05) is 0 Å². The van der Waals surface area contributed by atoms with E-state index in [4.69, 9.17) is 5.73 Å². The Morgan fingerprint density at radius 2 is 2.05 bits per heavy atom. The Labute approximate surface area is 125 Å². The highest BCUT2D eigenvalue weighted by Gasteiger charge is 2.17. The quantitative estimate of drug-likeness (QED) is 0.633. The van der Waals surface area contributed by atoms with Gasteiger partial charge >= 0.3 is 0 Å². The lowest BCUT2D eigenvalue weighted by atomic mass is 10.2. The third-order valence-corrected chi connectivity index (χ3v) is 4.04. The van der Waals surface area contributed by atoms with Crippen molar-refractivity contribution in [2.24, 2.45) is 5.73 Å². The van der Waals surface area contributed by atoms with Crippen LogP contribution in [0.2, 0.25) is 0 Å². The highest BCUT2D eigenvalue weighted by Crippen LogP contribution is 2.13. The van der Waals surface area contributed by atoms with Gasteiger partial charge in [-0.2, -0.15) is 0 Å². The Morgan fingerprint density at radius 1 is 1.33 bits per heavy atom. The van der Waals surface area contributed by atoms with E-state index >= 15 is 0 Å². The number of nitrogens with two attached hydrogens (primary N) is 1. The van der Waals surface area contributed by atoms with Crippen LogP contribution in [0, 0.1) is 11.8 Å². The number of hydrogen-bond donors (Lipinski definition) is 3. The Balaban J connectivity index is 2.81. The van der Waals surface area contributed by atoms with E-state index in [1.54, 1.807) is 25.1 Å². The first-order chi connectivity index (χ1) is 10.0. The van der Waals surface area contributed by atoms with Crippen LogP contribution in [0.3, 0.4) is 0 Å². The molecule has 0 bridgehead atoms. The van der Waals surface area contributed by atoms with Crippen molar-refractivity contribution in [3.05, 3.63) is 29.8 Å². The normalized spacial score (nSPS) is 10.6. The molecule has 1 rings (SSSR count). The summed E-state index contributed by atoms with van der Waals surface area (Å²) in [5.41, 5.74) is 5.68. The maximum atomic E-state index is 12.2. The van der Waals surface area contributed by atoms with E-state index in [0.29, 0.717) is 12.1 Å². The molecule has 0 heterocycles. The molecule has 0 fully saturated rings. The Morgan fingerprint density at radius 3 is 2.71 bits per heavy atom. The summed E-state index contributed by atoms with van der Waals surface area (Å²) in [6.07, 6.45) is 0.0870. The van der Waals surface area contributed by atoms with Crippen LogP contribution < -0.4 is 15.8 Å². The molecule has 1 amide bonds. The van der Waals surface area contributed by atoms with Crippen molar-refractivity contribution in [2.75, 3.05) is 19.6 Å². The van der Waals surface area contributed by atoms with Gasteiger partial charge in [0.05, 0.1) is 11.4 Å². The van der Waals surface area contributed by atoms with Crippen LogP contribution in [0.25, 0.3) is 0 Å². The number of benzene rings is 1. The van der Waals surface area contributed by atoms with E-state index in [2.05, 4.69) is 21.9 Å². The molecule has 0 aliphatic carbocycles. The van der Waals surface area contributed by atoms with Crippen LogP contribution in [0.4, 0.5) is 0 Å². The zero-order valence-electron chi connectivity index (χ0n) is 11.8. The maximum absolute atomic E-state index is 12.2. The molecule has 1 aromatic carbocycles. The van der Waals surface area contributed by atoms with Crippen LogP contribution in [0.5, 0.6) is 0 Å². The Hall–Kier alpha value is -1.88. The molecule has 0 saturated heterocycles. The van der Waals surface area contributed by atoms with E-state index in [-0.39, 0.29) is 30.3 Å². The number of rotatable bonds is 6. The molecule has 0 radical (unpaired) electrons. The standard InChI is InChI=1S/C14H19N3O3S/c1-2-16-14(18)9-11-17-21(19,20)13-8-4-3-6-12(13)7-5-10-15/h3-4,6,8,17H,2,9-11,15H2,1H3,(H,16,18). The number of amides is 1. The molecule has 0 aromatic heterocycles. The predicted molar refractivity (Wildman–Crippen MR) is 80.9 cm³/mol. The smallest absolute Gasteiger partial charge is 0.241 e. The van der Waals surface area contributed by atoms with Gasteiger partial charge < -0.3 is 11.1 Å². The molecule has 0 unspecified atom stereocenters.